The van der Waals surface area contributed by atoms with Gasteiger partial charge in [-0.1, -0.05) is 24.4 Å². The zero-order valence-electron chi connectivity index (χ0n) is 16.9. The molecule has 3 N–H and O–H groups in total. The maximum atomic E-state index is 14.8. The number of aliphatic hydroxyl groups excluding tert-OH is 1. The first-order chi connectivity index (χ1) is 14.9. The Hall–Kier alpha value is -1.46. The van der Waals surface area contributed by atoms with Crippen LogP contribution in [0, 0.1) is 5.82 Å². The maximum Gasteiger partial charge on any atom is 0.266 e. The van der Waals surface area contributed by atoms with Crippen LogP contribution in [0.25, 0.3) is 0 Å². The van der Waals surface area contributed by atoms with Crippen molar-refractivity contribution in [2.45, 2.75) is 61.5 Å². The smallest absolute Gasteiger partial charge is 0.266 e. The van der Waals surface area contributed by atoms with Crippen LogP contribution in [0.5, 0.6) is 0 Å². The number of halogens is 2. The normalized spacial score (nSPS) is 24.9. The number of benzene rings is 1. The minimum Gasteiger partial charge on any atom is -0.395 e. The minimum atomic E-state index is -4.15. The van der Waals surface area contributed by atoms with Crippen molar-refractivity contribution in [3.8, 4) is 0 Å². The Bertz CT molecular complexity index is 1010. The van der Waals surface area contributed by atoms with Crippen LogP contribution >= 0.6 is 22.9 Å². The van der Waals surface area contributed by atoms with Crippen molar-refractivity contribution >= 4 is 43.8 Å². The van der Waals surface area contributed by atoms with Crippen LogP contribution in [0.2, 0.25) is 5.02 Å². The molecular formula is C20H26ClFN4O3S2. The van der Waals surface area contributed by atoms with E-state index in [0.29, 0.717) is 5.69 Å². The van der Waals surface area contributed by atoms with E-state index < -0.39 is 20.7 Å². The second kappa shape index (κ2) is 9.58. The van der Waals surface area contributed by atoms with E-state index in [1.54, 1.807) is 5.38 Å². The molecule has 170 valence electrons. The summed E-state index contributed by atoms with van der Waals surface area (Å²) in [5.41, 5.74) is 0.379. The topological polar surface area (TPSA) is 94.6 Å². The van der Waals surface area contributed by atoms with Gasteiger partial charge in [-0.2, -0.15) is 0 Å². The number of nitrogens with one attached hydrogen (secondary N) is 2. The Kier molecular flexibility index (Phi) is 7.02. The third kappa shape index (κ3) is 4.98. The van der Waals surface area contributed by atoms with Crippen LogP contribution in [0.3, 0.4) is 0 Å². The van der Waals surface area contributed by atoms with E-state index in [9.17, 15) is 17.9 Å². The molecule has 11 heteroatoms. The summed E-state index contributed by atoms with van der Waals surface area (Å²) < 4.78 is 42.3. The average molecular weight is 489 g/mol. The molecule has 2 aliphatic rings. The average Bonchev–Trinajstić information content (AvgIpc) is 3.42. The summed E-state index contributed by atoms with van der Waals surface area (Å²) in [7, 11) is -4.15. The first-order valence-corrected chi connectivity index (χ1v) is 13.2. The van der Waals surface area contributed by atoms with Gasteiger partial charge in [0.2, 0.25) is 0 Å². The number of anilines is 2. The highest BCUT2D eigenvalue weighted by Gasteiger charge is 2.36. The molecule has 1 aliphatic carbocycles. The van der Waals surface area contributed by atoms with Gasteiger partial charge >= 0.3 is 0 Å². The van der Waals surface area contributed by atoms with Gasteiger partial charge < -0.3 is 10.4 Å². The van der Waals surface area contributed by atoms with Crippen molar-refractivity contribution in [1.82, 2.24) is 9.88 Å². The molecule has 7 nitrogen and oxygen atoms in total. The summed E-state index contributed by atoms with van der Waals surface area (Å²) >= 11 is 7.49. The second-order valence-corrected chi connectivity index (χ2v) is 11.0. The molecule has 1 aromatic carbocycles. The van der Waals surface area contributed by atoms with Crippen molar-refractivity contribution in [2.75, 3.05) is 23.2 Å². The molecule has 3 atom stereocenters. The van der Waals surface area contributed by atoms with Gasteiger partial charge in [-0.25, -0.2) is 17.8 Å². The Morgan fingerprint density at radius 1 is 1.26 bits per heavy atom. The van der Waals surface area contributed by atoms with Gasteiger partial charge in [-0.05, 0) is 44.4 Å². The van der Waals surface area contributed by atoms with Crippen LogP contribution < -0.4 is 10.0 Å². The molecule has 2 heterocycles. The van der Waals surface area contributed by atoms with Crippen LogP contribution in [-0.4, -0.2) is 54.7 Å². The predicted octanol–water partition coefficient (Wildman–Crippen LogP) is 3.92. The Labute approximate surface area is 190 Å². The van der Waals surface area contributed by atoms with Gasteiger partial charge in [0.15, 0.2) is 5.13 Å². The summed E-state index contributed by atoms with van der Waals surface area (Å²) in [6.07, 6.45) is 7.56. The number of likely N-dealkylation sites (tertiary alicyclic amines) is 1. The van der Waals surface area contributed by atoms with E-state index >= 15 is 0 Å². The predicted molar refractivity (Wildman–Crippen MR) is 121 cm³/mol. The van der Waals surface area contributed by atoms with Crippen LogP contribution in [0.15, 0.2) is 28.6 Å². The number of sulfonamides is 1. The van der Waals surface area contributed by atoms with Gasteiger partial charge in [0.05, 0.1) is 17.3 Å². The highest BCUT2D eigenvalue weighted by Crippen LogP contribution is 2.34. The van der Waals surface area contributed by atoms with Crippen LogP contribution in [0.1, 0.15) is 38.5 Å². The SMILES string of the molecule is O=S(=O)(Nc1nccs1)c1cc(Cl)c(NC2CCCC[C@@H]2N2CCC[C@@H]2CO)cc1F. The number of aliphatic hydroxyl groups is 1. The van der Waals surface area contributed by atoms with E-state index in [1.807, 2.05) is 0 Å². The molecule has 1 aliphatic heterocycles. The fourth-order valence-corrected chi connectivity index (χ4v) is 6.81. The third-order valence-corrected chi connectivity index (χ3v) is 8.58. The van der Waals surface area contributed by atoms with Crippen molar-refractivity contribution in [2.24, 2.45) is 0 Å². The number of hydrogen-bond donors (Lipinski definition) is 3. The van der Waals surface area contributed by atoms with Crippen molar-refractivity contribution < 1.29 is 17.9 Å². The van der Waals surface area contributed by atoms with Gasteiger partial charge in [-0.3, -0.25) is 9.62 Å². The quantitative estimate of drug-likeness (QED) is 0.547. The van der Waals surface area contributed by atoms with E-state index in [4.69, 9.17) is 11.6 Å². The molecule has 31 heavy (non-hydrogen) atoms. The van der Waals surface area contributed by atoms with E-state index in [2.05, 4.69) is 19.9 Å². The van der Waals surface area contributed by atoms with Gasteiger partial charge in [0.1, 0.15) is 10.7 Å². The zero-order valence-corrected chi connectivity index (χ0v) is 19.3. The molecule has 1 saturated carbocycles. The molecule has 0 spiro atoms. The lowest BCUT2D eigenvalue weighted by atomic mass is 9.88. The summed E-state index contributed by atoms with van der Waals surface area (Å²) in [5.74, 6) is -0.877. The maximum absolute atomic E-state index is 14.8. The van der Waals surface area contributed by atoms with Crippen molar-refractivity contribution in [1.29, 1.82) is 0 Å². The number of nitrogens with zero attached hydrogens (tertiary/aromatic N) is 2. The van der Waals surface area contributed by atoms with E-state index in [1.165, 1.54) is 6.20 Å². The molecule has 1 unspecified atom stereocenters. The van der Waals surface area contributed by atoms with E-state index in [-0.39, 0.29) is 34.9 Å². The molecule has 2 aromatic rings. The third-order valence-electron chi connectivity index (χ3n) is 6.09. The first kappa shape index (κ1) is 22.7. The molecule has 4 rings (SSSR count). The first-order valence-electron chi connectivity index (χ1n) is 10.4. The van der Waals surface area contributed by atoms with E-state index in [0.717, 1.165) is 68.5 Å². The van der Waals surface area contributed by atoms with Crippen LogP contribution in [-0.2, 0) is 10.0 Å². The Balaban J connectivity index is 1.55. The van der Waals surface area contributed by atoms with Crippen LogP contribution in [0.4, 0.5) is 15.2 Å². The summed E-state index contributed by atoms with van der Waals surface area (Å²) in [6, 6.07) is 2.72. The van der Waals surface area contributed by atoms with Gasteiger partial charge in [0, 0.05) is 29.7 Å². The van der Waals surface area contributed by atoms with Crippen molar-refractivity contribution in [3.05, 3.63) is 34.5 Å². The highest BCUT2D eigenvalue weighted by molar-refractivity contribution is 7.93. The zero-order chi connectivity index (χ0) is 22.0. The summed E-state index contributed by atoms with van der Waals surface area (Å²) in [4.78, 5) is 5.71. The number of aromatic nitrogens is 1. The second-order valence-electron chi connectivity index (χ2n) is 8.02. The number of hydrogen-bond acceptors (Lipinski definition) is 7. The molecule has 2 fully saturated rings. The molecule has 0 radical (unpaired) electrons. The Morgan fingerprint density at radius 3 is 2.81 bits per heavy atom. The molecule has 0 amide bonds. The molecule has 0 bridgehead atoms. The lowest BCUT2D eigenvalue weighted by Crippen LogP contribution is -2.51. The lowest BCUT2D eigenvalue weighted by molar-refractivity contribution is 0.0910. The summed E-state index contributed by atoms with van der Waals surface area (Å²) in [5, 5.41) is 15.0. The fourth-order valence-electron chi connectivity index (χ4n) is 4.66. The minimum absolute atomic E-state index is 0.0497. The Morgan fingerprint density at radius 2 is 2.06 bits per heavy atom. The fraction of sp³-hybridized carbons (Fsp3) is 0.550. The van der Waals surface area contributed by atoms with Gasteiger partial charge in [0.25, 0.3) is 10.0 Å². The van der Waals surface area contributed by atoms with Gasteiger partial charge in [-0.15, -0.1) is 11.3 Å². The molecule has 1 saturated heterocycles. The largest absolute Gasteiger partial charge is 0.395 e. The number of rotatable bonds is 7. The molecule has 1 aromatic heterocycles. The number of thiazole rings is 1. The van der Waals surface area contributed by atoms with Crippen molar-refractivity contribution in [3.63, 3.8) is 0 Å². The lowest BCUT2D eigenvalue weighted by Gasteiger charge is -2.41. The monoisotopic (exact) mass is 488 g/mol. The summed E-state index contributed by atoms with van der Waals surface area (Å²) in [6.45, 7) is 1.08. The standard InChI is InChI=1S/C20H26ClFN4O3S2/c21-14-10-19(31(28,29)25-20-23-7-9-30-20)15(22)11-17(14)24-16-5-1-2-6-18(16)26-8-3-4-13(26)12-27/h7,9-11,13,16,18,24,27H,1-6,8,12H2,(H,23,25)/t13-,16?,18+/m1/s1. The molecular weight excluding hydrogens is 463 g/mol. The highest BCUT2D eigenvalue weighted by atomic mass is 35.5.